The molecule has 3 nitrogen and oxygen atoms in total. The van der Waals surface area contributed by atoms with Crippen molar-refractivity contribution in [2.75, 3.05) is 17.8 Å². The topological polar surface area (TPSA) is 57.9 Å². The smallest absolute Gasteiger partial charge is 0.148 e. The van der Waals surface area contributed by atoms with Gasteiger partial charge < -0.3 is 0 Å². The van der Waals surface area contributed by atoms with Crippen LogP contribution in [-0.4, -0.2) is 31.4 Å². The van der Waals surface area contributed by atoms with Crippen molar-refractivity contribution < 1.29 is 8.42 Å². The largest absolute Gasteiger partial charge is 0.229 e. The van der Waals surface area contributed by atoms with Crippen LogP contribution in [0.1, 0.15) is 46.5 Å². The van der Waals surface area contributed by atoms with Gasteiger partial charge in [-0.25, -0.2) is 8.42 Å². The van der Waals surface area contributed by atoms with E-state index in [4.69, 9.17) is 0 Å². The number of rotatable bonds is 6. The molecule has 1 aliphatic carbocycles. The summed E-state index contributed by atoms with van der Waals surface area (Å²) >= 11 is 1.69. The van der Waals surface area contributed by atoms with Crippen molar-refractivity contribution >= 4 is 21.6 Å². The average Bonchev–Trinajstić information content (AvgIpc) is 2.37. The average molecular weight is 318 g/mol. The molecule has 0 heterocycles. The quantitative estimate of drug-likeness (QED) is 0.752. The van der Waals surface area contributed by atoms with Gasteiger partial charge in [0.05, 0.1) is 17.7 Å². The van der Waals surface area contributed by atoms with Crippen molar-refractivity contribution in [1.29, 1.82) is 5.26 Å². The van der Waals surface area contributed by atoms with E-state index in [-0.39, 0.29) is 11.7 Å². The Kier molecular flexibility index (Phi) is 6.40. The fourth-order valence-corrected chi connectivity index (χ4v) is 5.51. The molecule has 0 N–H and O–H groups in total. The van der Waals surface area contributed by atoms with Crippen molar-refractivity contribution in [3.05, 3.63) is 0 Å². The molecule has 20 heavy (non-hydrogen) atoms. The molecule has 0 aromatic rings. The molecule has 1 fully saturated rings. The molecule has 1 aliphatic rings. The number of nitrogens with zero attached hydrogens (tertiary/aromatic N) is 1. The van der Waals surface area contributed by atoms with Gasteiger partial charge in [-0.3, -0.25) is 0 Å². The summed E-state index contributed by atoms with van der Waals surface area (Å²) < 4.78 is 22.4. The van der Waals surface area contributed by atoms with Gasteiger partial charge in [0, 0.05) is 17.3 Å². The van der Waals surface area contributed by atoms with Crippen molar-refractivity contribution in [2.45, 2.75) is 51.7 Å². The van der Waals surface area contributed by atoms with Crippen LogP contribution in [0.3, 0.4) is 0 Å². The lowest BCUT2D eigenvalue weighted by molar-refractivity contribution is 0.144. The van der Waals surface area contributed by atoms with Crippen molar-refractivity contribution in [2.24, 2.45) is 17.3 Å². The molecular weight excluding hydrogens is 290 g/mol. The summed E-state index contributed by atoms with van der Waals surface area (Å²) in [7, 11) is -2.90. The summed E-state index contributed by atoms with van der Waals surface area (Å²) in [6.45, 7) is 6.84. The Bertz CT molecular complexity index is 451. The van der Waals surface area contributed by atoms with E-state index in [1.165, 1.54) is 6.26 Å². The summed E-state index contributed by atoms with van der Waals surface area (Å²) in [6, 6.07) is 2.42. The van der Waals surface area contributed by atoms with Crippen LogP contribution >= 0.6 is 11.8 Å². The first-order chi connectivity index (χ1) is 9.19. The Morgan fingerprint density at radius 2 is 2.00 bits per heavy atom. The number of nitriles is 1. The van der Waals surface area contributed by atoms with Gasteiger partial charge in [0.1, 0.15) is 9.84 Å². The van der Waals surface area contributed by atoms with E-state index in [1.54, 1.807) is 11.8 Å². The highest BCUT2D eigenvalue weighted by Gasteiger charge is 2.37. The zero-order valence-corrected chi connectivity index (χ0v) is 14.7. The van der Waals surface area contributed by atoms with E-state index >= 15 is 0 Å². The second-order valence-corrected chi connectivity index (χ2v) is 10.2. The maximum absolute atomic E-state index is 11.2. The molecule has 0 aliphatic heterocycles. The maximum Gasteiger partial charge on any atom is 0.148 e. The molecule has 1 rings (SSSR count). The third-order valence-corrected chi connectivity index (χ3v) is 7.35. The van der Waals surface area contributed by atoms with Crippen LogP contribution in [0.5, 0.6) is 0 Å². The standard InChI is InChI=1S/C15H27NO2S2/c1-5-15(2,3)13-7-6-12(11-16)14(10-13)19-8-9-20(4,17)18/h12-14H,5-10H2,1-4H3. The summed E-state index contributed by atoms with van der Waals surface area (Å²) in [5, 5.41) is 9.58. The molecular formula is C15H27NO2S2. The first kappa shape index (κ1) is 17.8. The normalized spacial score (nSPS) is 28.1. The summed E-state index contributed by atoms with van der Waals surface area (Å²) in [6.07, 6.45) is 5.56. The predicted molar refractivity (Wildman–Crippen MR) is 86.5 cm³/mol. The van der Waals surface area contributed by atoms with Gasteiger partial charge in [-0.05, 0) is 30.6 Å². The zero-order chi connectivity index (χ0) is 15.4. The van der Waals surface area contributed by atoms with Crippen LogP contribution < -0.4 is 0 Å². The van der Waals surface area contributed by atoms with Gasteiger partial charge >= 0.3 is 0 Å². The Hall–Kier alpha value is -0.210. The third kappa shape index (κ3) is 5.29. The monoisotopic (exact) mass is 317 g/mol. The Morgan fingerprint density at radius 1 is 1.35 bits per heavy atom. The molecule has 0 spiro atoms. The van der Waals surface area contributed by atoms with Gasteiger partial charge in [0.2, 0.25) is 0 Å². The van der Waals surface area contributed by atoms with Crippen LogP contribution in [0.25, 0.3) is 0 Å². The molecule has 0 saturated heterocycles. The van der Waals surface area contributed by atoms with Gasteiger partial charge in [-0.1, -0.05) is 27.2 Å². The van der Waals surface area contributed by atoms with Gasteiger partial charge in [-0.2, -0.15) is 17.0 Å². The van der Waals surface area contributed by atoms with Gasteiger partial charge in [0.25, 0.3) is 0 Å². The number of sulfone groups is 1. The highest BCUT2D eigenvalue weighted by atomic mass is 32.2. The minimum atomic E-state index is -2.90. The van der Waals surface area contributed by atoms with Gasteiger partial charge in [0.15, 0.2) is 0 Å². The zero-order valence-electron chi connectivity index (χ0n) is 13.1. The second-order valence-electron chi connectivity index (χ2n) is 6.63. The summed E-state index contributed by atoms with van der Waals surface area (Å²) in [5.74, 6) is 1.56. The van der Waals surface area contributed by atoms with Gasteiger partial charge in [-0.15, -0.1) is 0 Å². The van der Waals surface area contributed by atoms with E-state index in [0.29, 0.717) is 22.3 Å². The number of hydrogen-bond acceptors (Lipinski definition) is 4. The lowest BCUT2D eigenvalue weighted by atomic mass is 9.67. The molecule has 3 atom stereocenters. The molecule has 3 unspecified atom stereocenters. The lowest BCUT2D eigenvalue weighted by Crippen LogP contribution is -2.34. The van der Waals surface area contributed by atoms with Crippen LogP contribution in [0.4, 0.5) is 0 Å². The number of thioether (sulfide) groups is 1. The van der Waals surface area contributed by atoms with E-state index in [2.05, 4.69) is 26.8 Å². The van der Waals surface area contributed by atoms with Crippen LogP contribution in [0, 0.1) is 28.6 Å². The SMILES string of the molecule is CCC(C)(C)C1CCC(C#N)C(SCCS(C)(=O)=O)C1. The molecule has 0 aromatic heterocycles. The maximum atomic E-state index is 11.2. The molecule has 1 saturated carbocycles. The highest BCUT2D eigenvalue weighted by Crippen LogP contribution is 2.45. The van der Waals surface area contributed by atoms with E-state index in [9.17, 15) is 13.7 Å². The van der Waals surface area contributed by atoms with Crippen LogP contribution in [0.15, 0.2) is 0 Å². The Balaban J connectivity index is 2.63. The van der Waals surface area contributed by atoms with Crippen molar-refractivity contribution in [1.82, 2.24) is 0 Å². The second kappa shape index (κ2) is 7.17. The third-order valence-electron chi connectivity index (χ3n) is 4.76. The van der Waals surface area contributed by atoms with Crippen molar-refractivity contribution in [3.8, 4) is 6.07 Å². The summed E-state index contributed by atoms with van der Waals surface area (Å²) in [5.41, 5.74) is 0.316. The lowest BCUT2D eigenvalue weighted by Gasteiger charge is -2.41. The van der Waals surface area contributed by atoms with Crippen LogP contribution in [0.2, 0.25) is 0 Å². The van der Waals surface area contributed by atoms with Crippen LogP contribution in [-0.2, 0) is 9.84 Å². The van der Waals surface area contributed by atoms with E-state index in [1.807, 2.05) is 0 Å². The molecule has 0 radical (unpaired) electrons. The molecule has 116 valence electrons. The Morgan fingerprint density at radius 3 is 2.50 bits per heavy atom. The highest BCUT2D eigenvalue weighted by molar-refractivity contribution is 8.01. The molecule has 0 bridgehead atoms. The predicted octanol–water partition coefficient (Wildman–Crippen LogP) is 3.51. The molecule has 0 amide bonds. The van der Waals surface area contributed by atoms with Crippen molar-refractivity contribution in [3.63, 3.8) is 0 Å². The molecule has 5 heteroatoms. The summed E-state index contributed by atoms with van der Waals surface area (Å²) in [4.78, 5) is 0. The Labute approximate surface area is 128 Å². The minimum absolute atomic E-state index is 0.0865. The first-order valence-electron chi connectivity index (χ1n) is 7.38. The van der Waals surface area contributed by atoms with E-state index in [0.717, 1.165) is 25.7 Å². The first-order valence-corrected chi connectivity index (χ1v) is 10.5. The van der Waals surface area contributed by atoms with E-state index < -0.39 is 9.84 Å². The fourth-order valence-electron chi connectivity index (χ4n) is 2.81. The minimum Gasteiger partial charge on any atom is -0.229 e. The molecule has 0 aromatic carbocycles. The fraction of sp³-hybridized carbons (Fsp3) is 0.933. The number of hydrogen-bond donors (Lipinski definition) is 0.